The molecule has 1 aromatic carbocycles. The van der Waals surface area contributed by atoms with Gasteiger partial charge in [-0.1, -0.05) is 0 Å². The summed E-state index contributed by atoms with van der Waals surface area (Å²) in [7, 11) is 0. The number of rotatable bonds is 6. The van der Waals surface area contributed by atoms with Gasteiger partial charge in [-0.25, -0.2) is 9.59 Å². The minimum Gasteiger partial charge on any atom is -0.462 e. The van der Waals surface area contributed by atoms with E-state index in [-0.39, 0.29) is 17.2 Å². The molecule has 0 radical (unpaired) electrons. The quantitative estimate of drug-likeness (QED) is 0.753. The number of nitrogens with two attached hydrogens (primary N) is 1. The molecule has 0 fully saturated rings. The maximum absolute atomic E-state index is 11.9. The van der Waals surface area contributed by atoms with Crippen LogP contribution < -0.4 is 11.1 Å². The zero-order valence-electron chi connectivity index (χ0n) is 13.7. The van der Waals surface area contributed by atoms with Crippen molar-refractivity contribution in [2.24, 2.45) is 0 Å². The number of carbonyl (C=O) groups excluding carboxylic acids is 3. The van der Waals surface area contributed by atoms with Crippen molar-refractivity contribution in [2.45, 2.75) is 13.8 Å². The largest absolute Gasteiger partial charge is 0.462 e. The third-order valence-electron chi connectivity index (χ3n) is 3.11. The van der Waals surface area contributed by atoms with Gasteiger partial charge >= 0.3 is 11.9 Å². The molecule has 9 heteroatoms. The molecule has 1 heterocycles. The van der Waals surface area contributed by atoms with Crippen LogP contribution >= 0.6 is 11.5 Å². The van der Waals surface area contributed by atoms with Crippen molar-refractivity contribution < 1.29 is 23.9 Å². The van der Waals surface area contributed by atoms with Crippen molar-refractivity contribution in [2.75, 3.05) is 24.3 Å². The van der Waals surface area contributed by atoms with Crippen LogP contribution in [0.4, 0.5) is 10.7 Å². The molecule has 132 valence electrons. The summed E-state index contributed by atoms with van der Waals surface area (Å²) in [6.07, 6.45) is 0. The Balaban J connectivity index is 1.88. The van der Waals surface area contributed by atoms with Gasteiger partial charge in [0.1, 0.15) is 10.6 Å². The molecule has 3 N–H and O–H groups in total. The minimum atomic E-state index is -0.698. The molecular weight excluding hydrogens is 346 g/mol. The smallest absolute Gasteiger partial charge is 0.343 e. The number of nitrogens with one attached hydrogen (secondary N) is 1. The number of hydrogen-bond donors (Lipinski definition) is 2. The summed E-state index contributed by atoms with van der Waals surface area (Å²) in [6, 6.07) is 6.16. The van der Waals surface area contributed by atoms with Crippen molar-refractivity contribution >= 4 is 40.1 Å². The van der Waals surface area contributed by atoms with Gasteiger partial charge in [-0.15, -0.1) is 0 Å². The summed E-state index contributed by atoms with van der Waals surface area (Å²) in [4.78, 5) is 35.3. The number of nitrogen functional groups attached to an aromatic ring is 1. The monoisotopic (exact) mass is 363 g/mol. The zero-order valence-corrected chi connectivity index (χ0v) is 14.5. The number of anilines is 2. The predicted octanol–water partition coefficient (Wildman–Crippen LogP) is 2.01. The fraction of sp³-hybridized carbons (Fsp3) is 0.250. The first kappa shape index (κ1) is 18.4. The second kappa shape index (κ2) is 8.25. The van der Waals surface area contributed by atoms with Crippen molar-refractivity contribution in [3.8, 4) is 0 Å². The highest BCUT2D eigenvalue weighted by Crippen LogP contribution is 2.21. The second-order valence-electron chi connectivity index (χ2n) is 4.93. The zero-order chi connectivity index (χ0) is 18.4. The number of ether oxygens (including phenoxy) is 2. The number of aromatic nitrogens is 1. The van der Waals surface area contributed by atoms with E-state index < -0.39 is 24.5 Å². The van der Waals surface area contributed by atoms with Gasteiger partial charge in [0.05, 0.1) is 17.9 Å². The van der Waals surface area contributed by atoms with Crippen LogP contribution in [-0.2, 0) is 14.3 Å². The van der Waals surface area contributed by atoms with E-state index in [0.717, 1.165) is 11.5 Å². The molecule has 0 unspecified atom stereocenters. The van der Waals surface area contributed by atoms with Crippen LogP contribution in [0.25, 0.3) is 0 Å². The van der Waals surface area contributed by atoms with Crippen LogP contribution in [0.2, 0.25) is 0 Å². The van der Waals surface area contributed by atoms with Crippen molar-refractivity contribution in [3.63, 3.8) is 0 Å². The van der Waals surface area contributed by atoms with Crippen molar-refractivity contribution in [1.82, 2.24) is 4.37 Å². The van der Waals surface area contributed by atoms with Crippen LogP contribution in [-0.4, -0.2) is 35.4 Å². The molecule has 0 aliphatic carbocycles. The average molecular weight is 363 g/mol. The van der Waals surface area contributed by atoms with Crippen LogP contribution in [0.3, 0.4) is 0 Å². The highest BCUT2D eigenvalue weighted by atomic mass is 32.1. The van der Waals surface area contributed by atoms with Gasteiger partial charge in [-0.05, 0) is 49.6 Å². The lowest BCUT2D eigenvalue weighted by Crippen LogP contribution is -2.21. The summed E-state index contributed by atoms with van der Waals surface area (Å²) >= 11 is 0.992. The Morgan fingerprint density at radius 1 is 1.16 bits per heavy atom. The number of benzene rings is 1. The summed E-state index contributed by atoms with van der Waals surface area (Å²) < 4.78 is 13.8. The van der Waals surface area contributed by atoms with Crippen LogP contribution in [0.5, 0.6) is 0 Å². The van der Waals surface area contributed by atoms with E-state index >= 15 is 0 Å². The van der Waals surface area contributed by atoms with Crippen LogP contribution in [0, 0.1) is 6.92 Å². The molecule has 0 spiro atoms. The summed E-state index contributed by atoms with van der Waals surface area (Å²) in [5.41, 5.74) is 7.12. The minimum absolute atomic E-state index is 0.177. The second-order valence-corrected chi connectivity index (χ2v) is 5.73. The van der Waals surface area contributed by atoms with E-state index in [1.54, 1.807) is 26.0 Å². The van der Waals surface area contributed by atoms with E-state index in [1.807, 2.05) is 0 Å². The van der Waals surface area contributed by atoms with Gasteiger partial charge in [0.25, 0.3) is 5.91 Å². The number of nitrogens with zero attached hydrogens (tertiary/aromatic N) is 1. The molecule has 2 aromatic rings. The van der Waals surface area contributed by atoms with Gasteiger partial charge in [-0.2, -0.15) is 4.37 Å². The van der Waals surface area contributed by atoms with Crippen LogP contribution in [0.15, 0.2) is 24.3 Å². The van der Waals surface area contributed by atoms with Crippen molar-refractivity contribution in [1.29, 1.82) is 0 Å². The first-order valence-electron chi connectivity index (χ1n) is 7.38. The number of amides is 1. The number of carbonyl (C=O) groups is 3. The van der Waals surface area contributed by atoms with E-state index in [9.17, 15) is 14.4 Å². The summed E-state index contributed by atoms with van der Waals surface area (Å²) in [5, 5.41) is 2.81. The first-order valence-corrected chi connectivity index (χ1v) is 8.15. The molecule has 25 heavy (non-hydrogen) atoms. The molecule has 0 saturated heterocycles. The Labute approximate surface area is 148 Å². The van der Waals surface area contributed by atoms with E-state index in [4.69, 9.17) is 15.2 Å². The molecule has 0 aliphatic rings. The molecule has 1 amide bonds. The van der Waals surface area contributed by atoms with E-state index in [2.05, 4.69) is 9.69 Å². The molecule has 0 bridgehead atoms. The molecule has 0 atom stereocenters. The van der Waals surface area contributed by atoms with E-state index in [1.165, 1.54) is 12.1 Å². The normalized spacial score (nSPS) is 10.2. The topological polar surface area (TPSA) is 121 Å². The Morgan fingerprint density at radius 3 is 2.40 bits per heavy atom. The maximum atomic E-state index is 11.9. The summed E-state index contributed by atoms with van der Waals surface area (Å²) in [5.74, 6) is -1.65. The Bertz CT molecular complexity index is 766. The van der Waals surface area contributed by atoms with Gasteiger partial charge in [-0.3, -0.25) is 4.79 Å². The Morgan fingerprint density at radius 2 is 1.84 bits per heavy atom. The maximum Gasteiger partial charge on any atom is 0.343 e. The fourth-order valence-electron chi connectivity index (χ4n) is 1.94. The van der Waals surface area contributed by atoms with Gasteiger partial charge in [0.15, 0.2) is 6.61 Å². The standard InChI is InChI=1S/C16H17N3O5S/c1-3-23-15(21)10-4-6-11(7-5-10)18-12(20)8-24-16(22)13-9(2)19-25-14(13)17/h4-7H,3,8,17H2,1-2H3,(H,18,20). The van der Waals surface area contributed by atoms with Crippen LogP contribution in [0.1, 0.15) is 33.3 Å². The SMILES string of the molecule is CCOC(=O)c1ccc(NC(=O)COC(=O)c2c(C)nsc2N)cc1. The first-order chi connectivity index (χ1) is 11.9. The van der Waals surface area contributed by atoms with Gasteiger partial charge in [0.2, 0.25) is 0 Å². The molecule has 0 aliphatic heterocycles. The summed E-state index contributed by atoms with van der Waals surface area (Å²) in [6.45, 7) is 3.17. The Kier molecular flexibility index (Phi) is 6.07. The van der Waals surface area contributed by atoms with Gasteiger partial charge in [0, 0.05) is 5.69 Å². The average Bonchev–Trinajstić information content (AvgIpc) is 2.92. The van der Waals surface area contributed by atoms with E-state index in [0.29, 0.717) is 16.9 Å². The number of hydrogen-bond acceptors (Lipinski definition) is 8. The lowest BCUT2D eigenvalue weighted by Gasteiger charge is -2.07. The number of aryl methyl sites for hydroxylation is 1. The molecule has 2 rings (SSSR count). The van der Waals surface area contributed by atoms with Crippen molar-refractivity contribution in [3.05, 3.63) is 41.1 Å². The predicted molar refractivity (Wildman–Crippen MR) is 92.6 cm³/mol. The highest BCUT2D eigenvalue weighted by molar-refractivity contribution is 7.10. The molecule has 8 nitrogen and oxygen atoms in total. The third-order valence-corrected chi connectivity index (χ3v) is 3.87. The Hall–Kier alpha value is -2.94. The lowest BCUT2D eigenvalue weighted by atomic mass is 10.2. The van der Waals surface area contributed by atoms with Gasteiger partial charge < -0.3 is 20.5 Å². The highest BCUT2D eigenvalue weighted by Gasteiger charge is 2.19. The third kappa shape index (κ3) is 4.77. The molecule has 0 saturated carbocycles. The fourth-order valence-corrected chi connectivity index (χ4v) is 2.59. The molecule has 1 aromatic heterocycles. The lowest BCUT2D eigenvalue weighted by molar-refractivity contribution is -0.119. The molecular formula is C16H17N3O5S. The number of esters is 2.